The third-order valence-electron chi connectivity index (χ3n) is 5.15. The zero-order chi connectivity index (χ0) is 30.8. The fourth-order valence-electron chi connectivity index (χ4n) is 3.17. The van der Waals surface area contributed by atoms with E-state index in [4.69, 9.17) is 38.9 Å². The van der Waals surface area contributed by atoms with Gasteiger partial charge in [0.25, 0.3) is 0 Å². The van der Waals surface area contributed by atoms with Crippen LogP contribution in [0.2, 0.25) is 0 Å². The smallest absolute Gasteiger partial charge is 0.326 e. The molecule has 0 rings (SSSR count). The van der Waals surface area contributed by atoms with Gasteiger partial charge in [-0.15, -0.1) is 0 Å². The van der Waals surface area contributed by atoms with Crippen LogP contribution in [0.1, 0.15) is 44.9 Å². The van der Waals surface area contributed by atoms with Crippen molar-refractivity contribution in [2.75, 3.05) is 13.1 Å². The Bertz CT molecular complexity index is 965. The number of carbonyl (C=O) groups excluding carboxylic acids is 3. The summed E-state index contributed by atoms with van der Waals surface area (Å²) in [6, 6.07) is -5.70. The van der Waals surface area contributed by atoms with Gasteiger partial charge >= 0.3 is 17.9 Å². The van der Waals surface area contributed by atoms with E-state index < -0.39 is 79.1 Å². The van der Waals surface area contributed by atoms with Gasteiger partial charge in [-0.1, -0.05) is 0 Å². The van der Waals surface area contributed by atoms with Gasteiger partial charge in [-0.2, -0.15) is 0 Å². The van der Waals surface area contributed by atoms with Crippen LogP contribution in [0.25, 0.3) is 0 Å². The lowest BCUT2D eigenvalue weighted by molar-refractivity contribution is -0.143. The molecule has 0 aromatic rings. The molecule has 0 heterocycles. The first-order chi connectivity index (χ1) is 18.6. The first-order valence-corrected chi connectivity index (χ1v) is 12.1. The minimum absolute atomic E-state index is 0.0488. The number of nitrogens with zero attached hydrogens (tertiary/aromatic N) is 2. The summed E-state index contributed by atoms with van der Waals surface area (Å²) in [4.78, 5) is 79.3. The Labute approximate surface area is 229 Å². The van der Waals surface area contributed by atoms with E-state index in [1.165, 1.54) is 0 Å². The molecule has 0 aromatic heterocycles. The molecule has 0 aliphatic rings. The molecule has 0 aliphatic heterocycles. The van der Waals surface area contributed by atoms with Crippen LogP contribution in [-0.4, -0.2) is 100 Å². The van der Waals surface area contributed by atoms with Gasteiger partial charge in [-0.3, -0.25) is 34.0 Å². The number of rotatable bonds is 20. The van der Waals surface area contributed by atoms with Gasteiger partial charge in [0.1, 0.15) is 18.1 Å². The second-order valence-electron chi connectivity index (χ2n) is 8.56. The number of nitrogens with one attached hydrogen (secondary N) is 3. The van der Waals surface area contributed by atoms with Crippen LogP contribution >= 0.6 is 0 Å². The Morgan fingerprint density at radius 3 is 1.43 bits per heavy atom. The Balaban J connectivity index is 5.80. The molecule has 0 aromatic carbocycles. The summed E-state index contributed by atoms with van der Waals surface area (Å²) < 4.78 is 0. The molecule has 0 bridgehead atoms. The Hall–Kier alpha value is -4.68. The average molecular weight is 575 g/mol. The summed E-state index contributed by atoms with van der Waals surface area (Å²) in [6.45, 7) is 0.140. The van der Waals surface area contributed by atoms with Crippen molar-refractivity contribution in [2.24, 2.45) is 38.7 Å². The number of hydrogen-bond acceptors (Lipinski definition) is 9. The number of amides is 3. The zero-order valence-corrected chi connectivity index (χ0v) is 21.7. The van der Waals surface area contributed by atoms with Crippen LogP contribution in [-0.2, 0) is 28.8 Å². The molecule has 0 spiro atoms. The molecule has 0 fully saturated rings. The predicted molar refractivity (Wildman–Crippen MR) is 140 cm³/mol. The minimum Gasteiger partial charge on any atom is -0.481 e. The summed E-state index contributed by atoms with van der Waals surface area (Å²) in [5, 5.41) is 34.0. The molecule has 16 N–H and O–H groups in total. The molecular weight excluding hydrogens is 536 g/mol. The lowest BCUT2D eigenvalue weighted by atomic mass is 10.1. The second kappa shape index (κ2) is 18.6. The monoisotopic (exact) mass is 574 g/mol. The lowest BCUT2D eigenvalue weighted by Gasteiger charge is -2.25. The van der Waals surface area contributed by atoms with Crippen molar-refractivity contribution in [3.8, 4) is 0 Å². The normalized spacial score (nSPS) is 13.4. The number of nitrogens with two attached hydrogens (primary N) is 5. The van der Waals surface area contributed by atoms with Crippen molar-refractivity contribution in [3.05, 3.63) is 0 Å². The highest BCUT2D eigenvalue weighted by molar-refractivity contribution is 5.94. The standard InChI is InChI=1S/C21H38N10O9/c22-10(9-15(34)35)16(36)29-11(3-1-7-27-20(23)24)17(37)30-12(4-2-8-28-21(25)26)18(38)31-13(19(39)40)5-6-14(32)33/h10-13H,1-9,22H2,(H,29,36)(H,30,37)(H,31,38)(H,32,33)(H,34,35)(H,39,40)(H4,23,24,27)(H4,25,26,28). The number of aliphatic imine (C=N–C) groups is 2. The largest absolute Gasteiger partial charge is 0.481 e. The highest BCUT2D eigenvalue weighted by Crippen LogP contribution is 2.06. The van der Waals surface area contributed by atoms with E-state index in [1.807, 2.05) is 0 Å². The van der Waals surface area contributed by atoms with E-state index in [-0.39, 0.29) is 50.7 Å². The minimum atomic E-state index is -1.56. The van der Waals surface area contributed by atoms with Gasteiger partial charge in [-0.05, 0) is 32.1 Å². The van der Waals surface area contributed by atoms with Gasteiger partial charge in [0.2, 0.25) is 17.7 Å². The molecule has 3 amide bonds. The maximum absolute atomic E-state index is 13.1. The van der Waals surface area contributed by atoms with E-state index in [0.29, 0.717) is 0 Å². The SMILES string of the molecule is NC(N)=NCCCC(NC(=O)C(N)CC(=O)O)C(=O)NC(CCCN=C(N)N)C(=O)NC(CCC(=O)O)C(=O)O. The van der Waals surface area contributed by atoms with Crippen LogP contribution in [0, 0.1) is 0 Å². The van der Waals surface area contributed by atoms with Gasteiger partial charge in [0.05, 0.1) is 12.5 Å². The maximum Gasteiger partial charge on any atom is 0.326 e. The molecule has 4 atom stereocenters. The molecule has 19 heteroatoms. The van der Waals surface area contributed by atoms with E-state index in [9.17, 15) is 33.9 Å². The quantitative estimate of drug-likeness (QED) is 0.0369. The van der Waals surface area contributed by atoms with Gasteiger partial charge in [-0.25, -0.2) is 4.79 Å². The fourth-order valence-corrected chi connectivity index (χ4v) is 3.17. The number of aliphatic carboxylic acids is 3. The summed E-state index contributed by atoms with van der Waals surface area (Å²) in [5.74, 6) is -7.29. The number of carbonyl (C=O) groups is 6. The van der Waals surface area contributed by atoms with Gasteiger partial charge in [0, 0.05) is 19.5 Å². The lowest BCUT2D eigenvalue weighted by Crippen LogP contribution is -2.57. The van der Waals surface area contributed by atoms with Crippen LogP contribution in [0.4, 0.5) is 0 Å². The zero-order valence-electron chi connectivity index (χ0n) is 21.7. The van der Waals surface area contributed by atoms with Crippen molar-refractivity contribution in [3.63, 3.8) is 0 Å². The molecule has 0 radical (unpaired) electrons. The number of carboxylic acid groups (broad SMARTS) is 3. The fraction of sp³-hybridized carbons (Fsp3) is 0.619. The number of carboxylic acids is 3. The highest BCUT2D eigenvalue weighted by atomic mass is 16.4. The van der Waals surface area contributed by atoms with Gasteiger partial charge < -0.3 is 59.9 Å². The third-order valence-corrected chi connectivity index (χ3v) is 5.15. The third kappa shape index (κ3) is 16.2. The Morgan fingerprint density at radius 2 is 1.05 bits per heavy atom. The van der Waals surface area contributed by atoms with E-state index in [0.717, 1.165) is 0 Å². The first-order valence-electron chi connectivity index (χ1n) is 12.1. The summed E-state index contributed by atoms with van der Waals surface area (Å²) in [6.07, 6.45) is -1.46. The van der Waals surface area contributed by atoms with Crippen molar-refractivity contribution in [1.29, 1.82) is 0 Å². The van der Waals surface area contributed by atoms with Crippen molar-refractivity contribution in [1.82, 2.24) is 16.0 Å². The molecule has 19 nitrogen and oxygen atoms in total. The molecule has 4 unspecified atom stereocenters. The van der Waals surface area contributed by atoms with Crippen LogP contribution in [0.3, 0.4) is 0 Å². The Kier molecular flexibility index (Phi) is 16.4. The number of hydrogen-bond donors (Lipinski definition) is 11. The molecule has 0 saturated heterocycles. The van der Waals surface area contributed by atoms with E-state index >= 15 is 0 Å². The molecule has 40 heavy (non-hydrogen) atoms. The van der Waals surface area contributed by atoms with E-state index in [2.05, 4.69) is 25.9 Å². The summed E-state index contributed by atoms with van der Waals surface area (Å²) in [7, 11) is 0. The average Bonchev–Trinajstić information content (AvgIpc) is 2.83. The Morgan fingerprint density at radius 1 is 0.625 bits per heavy atom. The summed E-state index contributed by atoms with van der Waals surface area (Å²) >= 11 is 0. The molecule has 0 saturated carbocycles. The topological polar surface area (TPSA) is 354 Å². The maximum atomic E-state index is 13.1. The van der Waals surface area contributed by atoms with Crippen molar-refractivity contribution < 1.29 is 44.1 Å². The number of guanidine groups is 2. The highest BCUT2D eigenvalue weighted by Gasteiger charge is 2.30. The first kappa shape index (κ1) is 35.3. The molecule has 0 aliphatic carbocycles. The molecular formula is C21H38N10O9. The predicted octanol–water partition coefficient (Wildman–Crippen LogP) is -4.70. The molecule has 226 valence electrons. The van der Waals surface area contributed by atoms with Crippen LogP contribution in [0.5, 0.6) is 0 Å². The van der Waals surface area contributed by atoms with Gasteiger partial charge in [0.15, 0.2) is 11.9 Å². The van der Waals surface area contributed by atoms with Crippen LogP contribution in [0.15, 0.2) is 9.98 Å². The van der Waals surface area contributed by atoms with E-state index in [1.54, 1.807) is 0 Å². The van der Waals surface area contributed by atoms with Crippen molar-refractivity contribution >= 4 is 47.5 Å². The van der Waals surface area contributed by atoms with Crippen LogP contribution < -0.4 is 44.6 Å². The summed E-state index contributed by atoms with van der Waals surface area (Å²) in [5.41, 5.74) is 26.7. The van der Waals surface area contributed by atoms with Crippen molar-refractivity contribution in [2.45, 2.75) is 69.1 Å². The second-order valence-corrected chi connectivity index (χ2v) is 8.56.